The van der Waals surface area contributed by atoms with Crippen LogP contribution >= 0.6 is 0 Å². The van der Waals surface area contributed by atoms with Crippen molar-refractivity contribution in [3.63, 3.8) is 0 Å². The van der Waals surface area contributed by atoms with Crippen LogP contribution in [0.4, 0.5) is 0 Å². The smallest absolute Gasteiger partial charge is 0.0203 e. The Hall–Kier alpha value is -0.0800. The molecule has 1 heterocycles. The molecule has 2 rings (SSSR count). The summed E-state index contributed by atoms with van der Waals surface area (Å²) in [5.74, 6) is 1.05. The summed E-state index contributed by atoms with van der Waals surface area (Å²) in [6, 6.07) is 0. The van der Waals surface area contributed by atoms with E-state index in [0.717, 1.165) is 5.92 Å². The van der Waals surface area contributed by atoms with Gasteiger partial charge >= 0.3 is 0 Å². The van der Waals surface area contributed by atoms with E-state index in [4.69, 9.17) is 0 Å². The molecule has 0 unspecified atom stereocenters. The lowest BCUT2D eigenvalue weighted by molar-refractivity contribution is 0.148. The molecule has 1 aliphatic carbocycles. The molecule has 0 atom stereocenters. The van der Waals surface area contributed by atoms with E-state index in [-0.39, 0.29) is 0 Å². The second kappa shape index (κ2) is 5.50. The van der Waals surface area contributed by atoms with Gasteiger partial charge in [-0.3, -0.25) is 0 Å². The standard InChI is InChI=1S/C14H28N2/c1-15-14(9-11-16(2)12-10-14)8-7-13-5-3-4-6-13/h13,15H,3-12H2,1-2H3. The van der Waals surface area contributed by atoms with Crippen LogP contribution in [0.5, 0.6) is 0 Å². The van der Waals surface area contributed by atoms with E-state index in [9.17, 15) is 0 Å². The minimum Gasteiger partial charge on any atom is -0.314 e. The Labute approximate surface area is 101 Å². The van der Waals surface area contributed by atoms with Gasteiger partial charge in [-0.2, -0.15) is 0 Å². The van der Waals surface area contributed by atoms with Crippen molar-refractivity contribution in [3.8, 4) is 0 Å². The van der Waals surface area contributed by atoms with E-state index < -0.39 is 0 Å². The van der Waals surface area contributed by atoms with Gasteiger partial charge in [0.25, 0.3) is 0 Å². The predicted molar refractivity (Wildman–Crippen MR) is 69.7 cm³/mol. The van der Waals surface area contributed by atoms with E-state index in [1.165, 1.54) is 64.5 Å². The first-order chi connectivity index (χ1) is 7.74. The Morgan fingerprint density at radius 1 is 1.19 bits per heavy atom. The maximum atomic E-state index is 3.64. The highest BCUT2D eigenvalue weighted by Crippen LogP contribution is 2.33. The summed E-state index contributed by atoms with van der Waals surface area (Å²) in [7, 11) is 4.41. The van der Waals surface area contributed by atoms with Crippen LogP contribution in [0, 0.1) is 5.92 Å². The molecule has 0 aromatic carbocycles. The second-order valence-corrected chi connectivity index (χ2v) is 6.02. The van der Waals surface area contributed by atoms with Gasteiger partial charge in [0.1, 0.15) is 0 Å². The lowest BCUT2D eigenvalue weighted by Gasteiger charge is -2.41. The molecule has 16 heavy (non-hydrogen) atoms. The molecule has 1 aliphatic heterocycles. The van der Waals surface area contributed by atoms with E-state index >= 15 is 0 Å². The predicted octanol–water partition coefficient (Wildman–Crippen LogP) is 2.64. The number of nitrogens with zero attached hydrogens (tertiary/aromatic N) is 1. The molecule has 2 fully saturated rings. The van der Waals surface area contributed by atoms with E-state index in [1.54, 1.807) is 0 Å². The van der Waals surface area contributed by atoms with E-state index in [2.05, 4.69) is 24.3 Å². The highest BCUT2D eigenvalue weighted by molar-refractivity contribution is 4.92. The monoisotopic (exact) mass is 224 g/mol. The Kier molecular flexibility index (Phi) is 4.26. The zero-order chi connectivity index (χ0) is 11.4. The zero-order valence-electron chi connectivity index (χ0n) is 11.1. The molecule has 0 aromatic heterocycles. The van der Waals surface area contributed by atoms with Gasteiger partial charge < -0.3 is 10.2 Å². The van der Waals surface area contributed by atoms with Crippen molar-refractivity contribution in [2.24, 2.45) is 5.92 Å². The number of hydrogen-bond acceptors (Lipinski definition) is 2. The Bertz CT molecular complexity index is 201. The van der Waals surface area contributed by atoms with Crippen molar-refractivity contribution in [2.45, 2.75) is 56.9 Å². The zero-order valence-corrected chi connectivity index (χ0v) is 11.1. The average molecular weight is 224 g/mol. The van der Waals surface area contributed by atoms with Gasteiger partial charge in [0.2, 0.25) is 0 Å². The summed E-state index contributed by atoms with van der Waals surface area (Å²) in [4.78, 5) is 2.46. The van der Waals surface area contributed by atoms with Crippen LogP contribution in [0.15, 0.2) is 0 Å². The van der Waals surface area contributed by atoms with Gasteiger partial charge in [-0.05, 0) is 58.8 Å². The summed E-state index contributed by atoms with van der Waals surface area (Å²) < 4.78 is 0. The third-order valence-corrected chi connectivity index (χ3v) is 4.98. The topological polar surface area (TPSA) is 15.3 Å². The molecule has 2 heteroatoms. The molecule has 0 amide bonds. The molecular formula is C14H28N2. The van der Waals surface area contributed by atoms with Crippen molar-refractivity contribution in [1.29, 1.82) is 0 Å². The molecule has 2 aliphatic rings. The van der Waals surface area contributed by atoms with E-state index in [0.29, 0.717) is 5.54 Å². The van der Waals surface area contributed by atoms with E-state index in [1.807, 2.05) is 0 Å². The Morgan fingerprint density at radius 2 is 1.81 bits per heavy atom. The molecule has 0 aromatic rings. The maximum absolute atomic E-state index is 3.64. The molecule has 0 spiro atoms. The summed E-state index contributed by atoms with van der Waals surface area (Å²) in [6.45, 7) is 2.54. The average Bonchev–Trinajstić information content (AvgIpc) is 2.82. The Morgan fingerprint density at radius 3 is 2.38 bits per heavy atom. The molecule has 1 saturated carbocycles. The molecule has 1 N–H and O–H groups in total. The highest BCUT2D eigenvalue weighted by Gasteiger charge is 2.32. The molecular weight excluding hydrogens is 196 g/mol. The lowest BCUT2D eigenvalue weighted by Crippen LogP contribution is -2.51. The van der Waals surface area contributed by atoms with Crippen molar-refractivity contribution < 1.29 is 0 Å². The van der Waals surface area contributed by atoms with Crippen LogP contribution in [0.2, 0.25) is 0 Å². The number of piperidine rings is 1. The van der Waals surface area contributed by atoms with Crippen molar-refractivity contribution in [1.82, 2.24) is 10.2 Å². The highest BCUT2D eigenvalue weighted by atomic mass is 15.1. The number of rotatable bonds is 4. The van der Waals surface area contributed by atoms with Crippen LogP contribution in [0.3, 0.4) is 0 Å². The quantitative estimate of drug-likeness (QED) is 0.790. The summed E-state index contributed by atoms with van der Waals surface area (Å²) in [6.07, 6.45) is 11.5. The minimum absolute atomic E-state index is 0.467. The summed E-state index contributed by atoms with van der Waals surface area (Å²) >= 11 is 0. The first-order valence-electron chi connectivity index (χ1n) is 7.12. The Balaban J connectivity index is 1.79. The fraction of sp³-hybridized carbons (Fsp3) is 1.00. The van der Waals surface area contributed by atoms with Crippen molar-refractivity contribution in [3.05, 3.63) is 0 Å². The number of nitrogens with one attached hydrogen (secondary N) is 1. The number of likely N-dealkylation sites (tertiary alicyclic amines) is 1. The minimum atomic E-state index is 0.467. The van der Waals surface area contributed by atoms with Crippen LogP contribution in [0.1, 0.15) is 51.4 Å². The molecule has 2 nitrogen and oxygen atoms in total. The van der Waals surface area contributed by atoms with Gasteiger partial charge in [-0.15, -0.1) is 0 Å². The largest absolute Gasteiger partial charge is 0.314 e. The third kappa shape index (κ3) is 2.98. The second-order valence-electron chi connectivity index (χ2n) is 6.02. The molecule has 94 valence electrons. The first kappa shape index (κ1) is 12.4. The summed E-state index contributed by atoms with van der Waals surface area (Å²) in [5, 5.41) is 3.64. The van der Waals surface area contributed by atoms with Crippen LogP contribution < -0.4 is 5.32 Å². The van der Waals surface area contributed by atoms with Gasteiger partial charge in [0.05, 0.1) is 0 Å². The van der Waals surface area contributed by atoms with Gasteiger partial charge in [0.15, 0.2) is 0 Å². The summed E-state index contributed by atoms with van der Waals surface area (Å²) in [5.41, 5.74) is 0.467. The first-order valence-corrected chi connectivity index (χ1v) is 7.12. The number of hydrogen-bond donors (Lipinski definition) is 1. The van der Waals surface area contributed by atoms with Gasteiger partial charge in [-0.25, -0.2) is 0 Å². The van der Waals surface area contributed by atoms with Crippen molar-refractivity contribution in [2.75, 3.05) is 27.2 Å². The normalized spacial score (nSPS) is 27.4. The van der Waals surface area contributed by atoms with Gasteiger partial charge in [0, 0.05) is 5.54 Å². The van der Waals surface area contributed by atoms with Crippen molar-refractivity contribution >= 4 is 0 Å². The van der Waals surface area contributed by atoms with Gasteiger partial charge in [-0.1, -0.05) is 25.7 Å². The maximum Gasteiger partial charge on any atom is 0.0203 e. The fourth-order valence-corrected chi connectivity index (χ4v) is 3.45. The lowest BCUT2D eigenvalue weighted by atomic mass is 9.81. The third-order valence-electron chi connectivity index (χ3n) is 4.98. The molecule has 1 saturated heterocycles. The fourth-order valence-electron chi connectivity index (χ4n) is 3.45. The SMILES string of the molecule is CNC1(CCC2CCCC2)CCN(C)CC1. The molecule has 0 bridgehead atoms. The van der Waals surface area contributed by atoms with Crippen LogP contribution in [-0.4, -0.2) is 37.6 Å². The molecule has 0 radical (unpaired) electrons. The van der Waals surface area contributed by atoms with Crippen LogP contribution in [-0.2, 0) is 0 Å². The van der Waals surface area contributed by atoms with Crippen LogP contribution in [0.25, 0.3) is 0 Å².